The standard InChI is InChI=1S/C12H12FN3O2/c1-7-6-10(16-15-7)14-12(17)11-8(13)4-3-5-9(11)18-2/h3-6H,1-2H3,(H2,14,15,16,17). The van der Waals surface area contributed by atoms with Crippen LogP contribution in [0.5, 0.6) is 5.75 Å². The van der Waals surface area contributed by atoms with Crippen LogP contribution in [0.3, 0.4) is 0 Å². The van der Waals surface area contributed by atoms with Gasteiger partial charge in [-0.2, -0.15) is 5.10 Å². The molecule has 0 aliphatic heterocycles. The van der Waals surface area contributed by atoms with E-state index in [9.17, 15) is 9.18 Å². The first kappa shape index (κ1) is 12.1. The normalized spacial score (nSPS) is 10.2. The van der Waals surface area contributed by atoms with Gasteiger partial charge in [0.2, 0.25) is 0 Å². The second-order valence-electron chi connectivity index (χ2n) is 3.71. The Kier molecular flexibility index (Phi) is 3.27. The number of nitrogens with one attached hydrogen (secondary N) is 2. The van der Waals surface area contributed by atoms with Crippen LogP contribution in [-0.2, 0) is 0 Å². The number of anilines is 1. The van der Waals surface area contributed by atoms with E-state index in [0.29, 0.717) is 5.82 Å². The summed E-state index contributed by atoms with van der Waals surface area (Å²) in [6, 6.07) is 5.84. The van der Waals surface area contributed by atoms with E-state index in [1.807, 2.05) is 0 Å². The lowest BCUT2D eigenvalue weighted by molar-refractivity contribution is 0.101. The molecule has 0 saturated heterocycles. The van der Waals surface area contributed by atoms with Crippen molar-refractivity contribution in [3.63, 3.8) is 0 Å². The first-order chi connectivity index (χ1) is 8.61. The second-order valence-corrected chi connectivity index (χ2v) is 3.71. The molecule has 1 aromatic heterocycles. The molecule has 6 heteroatoms. The molecule has 18 heavy (non-hydrogen) atoms. The summed E-state index contributed by atoms with van der Waals surface area (Å²) in [6.45, 7) is 1.80. The van der Waals surface area contributed by atoms with E-state index in [0.717, 1.165) is 5.69 Å². The number of amides is 1. The van der Waals surface area contributed by atoms with Crippen molar-refractivity contribution < 1.29 is 13.9 Å². The number of carbonyl (C=O) groups excluding carboxylic acids is 1. The predicted octanol–water partition coefficient (Wildman–Crippen LogP) is 2.12. The van der Waals surface area contributed by atoms with Crippen LogP contribution in [0.25, 0.3) is 0 Å². The molecule has 0 fully saturated rings. The van der Waals surface area contributed by atoms with Gasteiger partial charge in [0.15, 0.2) is 5.82 Å². The molecule has 0 aliphatic carbocycles. The lowest BCUT2D eigenvalue weighted by Crippen LogP contribution is -2.15. The number of halogens is 1. The molecule has 1 heterocycles. The summed E-state index contributed by atoms with van der Waals surface area (Å²) in [5.41, 5.74) is 0.659. The van der Waals surface area contributed by atoms with E-state index < -0.39 is 11.7 Å². The molecule has 2 rings (SSSR count). The van der Waals surface area contributed by atoms with Gasteiger partial charge in [-0.3, -0.25) is 9.89 Å². The van der Waals surface area contributed by atoms with Gasteiger partial charge < -0.3 is 10.1 Å². The maximum atomic E-state index is 13.6. The lowest BCUT2D eigenvalue weighted by atomic mass is 10.1. The summed E-state index contributed by atoms with van der Waals surface area (Å²) in [5.74, 6) is -0.724. The van der Waals surface area contributed by atoms with Crippen molar-refractivity contribution >= 4 is 11.7 Å². The number of ether oxygens (including phenoxy) is 1. The molecule has 0 spiro atoms. The number of rotatable bonds is 3. The molecule has 2 aromatic rings. The van der Waals surface area contributed by atoms with E-state index in [4.69, 9.17) is 4.74 Å². The Morgan fingerprint density at radius 3 is 2.89 bits per heavy atom. The SMILES string of the molecule is COc1cccc(F)c1C(=O)Nc1cc(C)[nH]n1. The third kappa shape index (κ3) is 2.32. The monoisotopic (exact) mass is 249 g/mol. The fourth-order valence-electron chi connectivity index (χ4n) is 1.56. The highest BCUT2D eigenvalue weighted by Crippen LogP contribution is 2.22. The number of hydrogen-bond acceptors (Lipinski definition) is 3. The molecule has 5 nitrogen and oxygen atoms in total. The number of nitrogens with zero attached hydrogens (tertiary/aromatic N) is 1. The molecule has 0 aliphatic rings. The number of aryl methyl sites for hydroxylation is 1. The maximum absolute atomic E-state index is 13.6. The smallest absolute Gasteiger partial charge is 0.263 e. The number of carbonyl (C=O) groups is 1. The molecule has 0 saturated carbocycles. The molecule has 0 bridgehead atoms. The van der Waals surface area contributed by atoms with Gasteiger partial charge in [0.05, 0.1) is 7.11 Å². The van der Waals surface area contributed by atoms with Crippen molar-refractivity contribution in [3.05, 3.63) is 41.3 Å². The van der Waals surface area contributed by atoms with E-state index in [1.165, 1.54) is 25.3 Å². The quantitative estimate of drug-likeness (QED) is 0.875. The molecular weight excluding hydrogens is 237 g/mol. The van der Waals surface area contributed by atoms with E-state index in [1.54, 1.807) is 13.0 Å². The molecule has 2 N–H and O–H groups in total. The number of methoxy groups -OCH3 is 1. The van der Waals surface area contributed by atoms with Gasteiger partial charge in [0.1, 0.15) is 17.1 Å². The first-order valence-electron chi connectivity index (χ1n) is 5.27. The Labute approximate surface area is 103 Å². The Morgan fingerprint density at radius 2 is 2.28 bits per heavy atom. The van der Waals surface area contributed by atoms with Gasteiger partial charge in [-0.05, 0) is 19.1 Å². The van der Waals surface area contributed by atoms with E-state index in [2.05, 4.69) is 15.5 Å². The highest BCUT2D eigenvalue weighted by molar-refractivity contribution is 6.05. The zero-order chi connectivity index (χ0) is 13.1. The van der Waals surface area contributed by atoms with Crippen LogP contribution < -0.4 is 10.1 Å². The minimum atomic E-state index is -0.640. The average molecular weight is 249 g/mol. The van der Waals surface area contributed by atoms with Gasteiger partial charge in [-0.25, -0.2) is 4.39 Å². The number of aromatic nitrogens is 2. The van der Waals surface area contributed by atoms with Crippen LogP contribution >= 0.6 is 0 Å². The molecular formula is C12H12FN3O2. The summed E-state index contributed by atoms with van der Waals surface area (Å²) in [5, 5.41) is 9.02. The van der Waals surface area contributed by atoms with Gasteiger partial charge in [0.25, 0.3) is 5.91 Å². The zero-order valence-electron chi connectivity index (χ0n) is 9.95. The van der Waals surface area contributed by atoms with E-state index >= 15 is 0 Å². The van der Waals surface area contributed by atoms with Crippen molar-refractivity contribution in [1.29, 1.82) is 0 Å². The Bertz CT molecular complexity index is 580. The summed E-state index contributed by atoms with van der Waals surface area (Å²) in [7, 11) is 1.38. The van der Waals surface area contributed by atoms with Crippen LogP contribution in [0.15, 0.2) is 24.3 Å². The molecule has 1 amide bonds. The molecule has 1 aromatic carbocycles. The van der Waals surface area contributed by atoms with Gasteiger partial charge in [0, 0.05) is 11.8 Å². The summed E-state index contributed by atoms with van der Waals surface area (Å²) in [4.78, 5) is 11.9. The highest BCUT2D eigenvalue weighted by Gasteiger charge is 2.18. The minimum absolute atomic E-state index is 0.138. The predicted molar refractivity (Wildman–Crippen MR) is 64.2 cm³/mol. The molecule has 0 unspecified atom stereocenters. The number of H-pyrrole nitrogens is 1. The average Bonchev–Trinajstić information content (AvgIpc) is 2.74. The first-order valence-corrected chi connectivity index (χ1v) is 5.27. The topological polar surface area (TPSA) is 67.0 Å². The summed E-state index contributed by atoms with van der Waals surface area (Å²) in [6.07, 6.45) is 0. The van der Waals surface area contributed by atoms with Crippen LogP contribution in [-0.4, -0.2) is 23.2 Å². The number of hydrogen-bond donors (Lipinski definition) is 2. The fraction of sp³-hybridized carbons (Fsp3) is 0.167. The van der Waals surface area contributed by atoms with Crippen molar-refractivity contribution in [1.82, 2.24) is 10.2 Å². The van der Waals surface area contributed by atoms with Crippen molar-refractivity contribution in [2.75, 3.05) is 12.4 Å². The molecule has 0 radical (unpaired) electrons. The largest absolute Gasteiger partial charge is 0.496 e. The maximum Gasteiger partial charge on any atom is 0.263 e. The Morgan fingerprint density at radius 1 is 1.50 bits per heavy atom. The molecule has 94 valence electrons. The zero-order valence-corrected chi connectivity index (χ0v) is 9.95. The van der Waals surface area contributed by atoms with E-state index in [-0.39, 0.29) is 11.3 Å². The lowest BCUT2D eigenvalue weighted by Gasteiger charge is -2.08. The Balaban J connectivity index is 2.28. The summed E-state index contributed by atoms with van der Waals surface area (Å²) < 4.78 is 18.6. The Hall–Kier alpha value is -2.37. The second kappa shape index (κ2) is 4.87. The van der Waals surface area contributed by atoms with Gasteiger partial charge >= 0.3 is 0 Å². The van der Waals surface area contributed by atoms with Crippen molar-refractivity contribution in [3.8, 4) is 5.75 Å². The third-order valence-corrected chi connectivity index (χ3v) is 2.37. The number of benzene rings is 1. The van der Waals surface area contributed by atoms with Gasteiger partial charge in [-0.15, -0.1) is 0 Å². The highest BCUT2D eigenvalue weighted by atomic mass is 19.1. The van der Waals surface area contributed by atoms with Crippen molar-refractivity contribution in [2.45, 2.75) is 6.92 Å². The van der Waals surface area contributed by atoms with Crippen LogP contribution in [0.1, 0.15) is 16.1 Å². The minimum Gasteiger partial charge on any atom is -0.496 e. The number of aromatic amines is 1. The fourth-order valence-corrected chi connectivity index (χ4v) is 1.56. The van der Waals surface area contributed by atoms with Crippen LogP contribution in [0.4, 0.5) is 10.2 Å². The third-order valence-electron chi connectivity index (χ3n) is 2.37. The van der Waals surface area contributed by atoms with Crippen LogP contribution in [0, 0.1) is 12.7 Å². The van der Waals surface area contributed by atoms with Crippen molar-refractivity contribution in [2.24, 2.45) is 0 Å². The van der Waals surface area contributed by atoms with Gasteiger partial charge in [-0.1, -0.05) is 6.07 Å². The van der Waals surface area contributed by atoms with Crippen LogP contribution in [0.2, 0.25) is 0 Å². The molecule has 0 atom stereocenters. The summed E-state index contributed by atoms with van der Waals surface area (Å²) >= 11 is 0.